The number of ether oxygens (including phenoxy) is 2. The molecule has 2 aromatic carbocycles. The molecule has 1 atom stereocenters. The first-order chi connectivity index (χ1) is 12.8. The molecular weight excluding hydrogens is 370 g/mol. The van der Waals surface area contributed by atoms with Gasteiger partial charge >= 0.3 is 0 Å². The fourth-order valence-corrected chi connectivity index (χ4v) is 2.60. The van der Waals surface area contributed by atoms with Crippen LogP contribution in [-0.2, 0) is 9.59 Å². The maximum atomic E-state index is 12.4. The zero-order valence-electron chi connectivity index (χ0n) is 15.6. The second-order valence-corrected chi connectivity index (χ2v) is 6.21. The molecule has 0 aliphatic carbocycles. The van der Waals surface area contributed by atoms with Gasteiger partial charge in [-0.05, 0) is 37.3 Å². The van der Waals surface area contributed by atoms with E-state index in [0.717, 1.165) is 0 Å². The van der Waals surface area contributed by atoms with Gasteiger partial charge in [-0.3, -0.25) is 9.59 Å². The van der Waals surface area contributed by atoms with Crippen LogP contribution in [0.2, 0.25) is 5.02 Å². The van der Waals surface area contributed by atoms with Crippen LogP contribution in [0.15, 0.2) is 36.4 Å². The molecule has 0 saturated heterocycles. The lowest BCUT2D eigenvalue weighted by Gasteiger charge is -2.18. The number of nitrogens with one attached hydrogen (secondary N) is 3. The molecule has 0 radical (unpaired) electrons. The molecule has 3 N–H and O–H groups in total. The third-order valence-electron chi connectivity index (χ3n) is 3.71. The summed E-state index contributed by atoms with van der Waals surface area (Å²) in [7, 11) is 3.04. The van der Waals surface area contributed by atoms with Crippen molar-refractivity contribution in [2.75, 3.05) is 30.2 Å². The van der Waals surface area contributed by atoms with Crippen LogP contribution in [0.1, 0.15) is 13.8 Å². The predicted octanol–water partition coefficient (Wildman–Crippen LogP) is 3.75. The van der Waals surface area contributed by atoms with Crippen molar-refractivity contribution in [2.45, 2.75) is 19.9 Å². The number of halogens is 1. The molecule has 2 rings (SSSR count). The van der Waals surface area contributed by atoms with E-state index < -0.39 is 6.04 Å². The molecule has 0 spiro atoms. The highest BCUT2D eigenvalue weighted by Gasteiger charge is 2.17. The summed E-state index contributed by atoms with van der Waals surface area (Å²) in [4.78, 5) is 23.5. The van der Waals surface area contributed by atoms with Crippen molar-refractivity contribution >= 4 is 40.5 Å². The smallest absolute Gasteiger partial charge is 0.246 e. The lowest BCUT2D eigenvalue weighted by atomic mass is 10.2. The van der Waals surface area contributed by atoms with Crippen molar-refractivity contribution in [3.05, 3.63) is 41.4 Å². The number of hydrogen-bond donors (Lipinski definition) is 3. The van der Waals surface area contributed by atoms with Gasteiger partial charge in [0.2, 0.25) is 11.8 Å². The van der Waals surface area contributed by atoms with Crippen LogP contribution in [0.25, 0.3) is 0 Å². The standard InChI is InChI=1S/C19H22ClN3O4/c1-11(21-16-9-15(20)17(26-3)10-18(16)27-4)19(25)23-14-7-5-13(6-8-14)22-12(2)24/h5-11,21H,1-4H3,(H,22,24)(H,23,25)/t11-/m0/s1. The number of carbonyl (C=O) groups excluding carboxylic acids is 2. The van der Waals surface area contributed by atoms with Gasteiger partial charge in [-0.2, -0.15) is 0 Å². The molecule has 2 aromatic rings. The Morgan fingerprint density at radius 3 is 2.04 bits per heavy atom. The van der Waals surface area contributed by atoms with E-state index in [1.54, 1.807) is 43.3 Å². The molecular formula is C19H22ClN3O4. The van der Waals surface area contributed by atoms with Gasteiger partial charge in [-0.25, -0.2) is 0 Å². The van der Waals surface area contributed by atoms with Gasteiger partial charge in [0.1, 0.15) is 17.5 Å². The average Bonchev–Trinajstić information content (AvgIpc) is 2.63. The van der Waals surface area contributed by atoms with Gasteiger partial charge in [0, 0.05) is 24.4 Å². The minimum absolute atomic E-state index is 0.156. The van der Waals surface area contributed by atoms with Crippen molar-refractivity contribution in [1.29, 1.82) is 0 Å². The summed E-state index contributed by atoms with van der Waals surface area (Å²) in [6.07, 6.45) is 0. The van der Waals surface area contributed by atoms with Gasteiger partial charge in [0.15, 0.2) is 0 Å². The Labute approximate surface area is 163 Å². The Bertz CT molecular complexity index is 824. The number of anilines is 3. The largest absolute Gasteiger partial charge is 0.495 e. The molecule has 2 amide bonds. The summed E-state index contributed by atoms with van der Waals surface area (Å²) >= 11 is 6.15. The summed E-state index contributed by atoms with van der Waals surface area (Å²) in [6.45, 7) is 3.15. The van der Waals surface area contributed by atoms with Gasteiger partial charge in [-0.1, -0.05) is 11.6 Å². The Balaban J connectivity index is 2.05. The third-order valence-corrected chi connectivity index (χ3v) is 4.01. The normalized spacial score (nSPS) is 11.3. The Hall–Kier alpha value is -2.93. The highest BCUT2D eigenvalue weighted by molar-refractivity contribution is 6.32. The lowest BCUT2D eigenvalue weighted by molar-refractivity contribution is -0.116. The second kappa shape index (κ2) is 9.14. The van der Waals surface area contributed by atoms with Crippen LogP contribution in [0, 0.1) is 0 Å². The monoisotopic (exact) mass is 391 g/mol. The number of benzene rings is 2. The molecule has 0 aliphatic heterocycles. The highest BCUT2D eigenvalue weighted by atomic mass is 35.5. The number of amides is 2. The fraction of sp³-hybridized carbons (Fsp3) is 0.263. The van der Waals surface area contributed by atoms with Crippen LogP contribution in [-0.4, -0.2) is 32.1 Å². The number of rotatable bonds is 7. The maximum Gasteiger partial charge on any atom is 0.246 e. The zero-order valence-corrected chi connectivity index (χ0v) is 16.3. The van der Waals surface area contributed by atoms with Gasteiger partial charge in [0.05, 0.1) is 24.9 Å². The van der Waals surface area contributed by atoms with Crippen LogP contribution in [0.3, 0.4) is 0 Å². The van der Waals surface area contributed by atoms with E-state index in [1.807, 2.05) is 0 Å². The first-order valence-corrected chi connectivity index (χ1v) is 8.58. The first kappa shape index (κ1) is 20.4. The zero-order chi connectivity index (χ0) is 20.0. The number of carbonyl (C=O) groups is 2. The summed E-state index contributed by atoms with van der Waals surface area (Å²) in [5, 5.41) is 8.95. The Morgan fingerprint density at radius 1 is 0.963 bits per heavy atom. The summed E-state index contributed by atoms with van der Waals surface area (Å²) in [6, 6.07) is 9.57. The van der Waals surface area contributed by atoms with E-state index in [9.17, 15) is 9.59 Å². The lowest BCUT2D eigenvalue weighted by Crippen LogP contribution is -2.32. The van der Waals surface area contributed by atoms with Gasteiger partial charge in [-0.15, -0.1) is 0 Å². The summed E-state index contributed by atoms with van der Waals surface area (Å²) in [5.74, 6) is 0.596. The minimum Gasteiger partial charge on any atom is -0.495 e. The predicted molar refractivity (Wildman–Crippen MR) is 107 cm³/mol. The van der Waals surface area contributed by atoms with E-state index in [2.05, 4.69) is 16.0 Å². The molecule has 7 nitrogen and oxygen atoms in total. The van der Waals surface area contributed by atoms with Crippen LogP contribution in [0.4, 0.5) is 17.1 Å². The average molecular weight is 392 g/mol. The van der Waals surface area contributed by atoms with Crippen molar-refractivity contribution in [3.63, 3.8) is 0 Å². The maximum absolute atomic E-state index is 12.4. The van der Waals surface area contributed by atoms with Crippen LogP contribution < -0.4 is 25.4 Å². The van der Waals surface area contributed by atoms with Crippen molar-refractivity contribution in [3.8, 4) is 11.5 Å². The topological polar surface area (TPSA) is 88.7 Å². The molecule has 0 fully saturated rings. The molecule has 27 heavy (non-hydrogen) atoms. The van der Waals surface area contributed by atoms with E-state index in [4.69, 9.17) is 21.1 Å². The van der Waals surface area contributed by atoms with Crippen LogP contribution >= 0.6 is 11.6 Å². The molecule has 144 valence electrons. The summed E-state index contributed by atoms with van der Waals surface area (Å²) in [5.41, 5.74) is 1.85. The molecule has 0 aromatic heterocycles. The molecule has 0 heterocycles. The van der Waals surface area contributed by atoms with Gasteiger partial charge < -0.3 is 25.4 Å². The quantitative estimate of drug-likeness (QED) is 0.668. The summed E-state index contributed by atoms with van der Waals surface area (Å²) < 4.78 is 10.5. The van der Waals surface area contributed by atoms with Crippen molar-refractivity contribution < 1.29 is 19.1 Å². The van der Waals surface area contributed by atoms with E-state index in [-0.39, 0.29) is 11.8 Å². The molecule has 0 saturated carbocycles. The fourth-order valence-electron chi connectivity index (χ4n) is 2.36. The minimum atomic E-state index is -0.557. The molecule has 0 bridgehead atoms. The third kappa shape index (κ3) is 5.52. The Kier molecular flexibility index (Phi) is 6.90. The van der Waals surface area contributed by atoms with Crippen molar-refractivity contribution in [2.24, 2.45) is 0 Å². The second-order valence-electron chi connectivity index (χ2n) is 5.80. The Morgan fingerprint density at radius 2 is 1.52 bits per heavy atom. The first-order valence-electron chi connectivity index (χ1n) is 8.20. The molecule has 0 aliphatic rings. The molecule has 0 unspecified atom stereocenters. The van der Waals surface area contributed by atoms with E-state index >= 15 is 0 Å². The van der Waals surface area contributed by atoms with E-state index in [0.29, 0.717) is 33.6 Å². The molecule has 8 heteroatoms. The SMILES string of the molecule is COc1cc(OC)c(N[C@@H](C)C(=O)Nc2ccc(NC(C)=O)cc2)cc1Cl. The highest BCUT2D eigenvalue weighted by Crippen LogP contribution is 2.36. The van der Waals surface area contributed by atoms with Gasteiger partial charge in [0.25, 0.3) is 0 Å². The number of hydrogen-bond acceptors (Lipinski definition) is 5. The van der Waals surface area contributed by atoms with E-state index in [1.165, 1.54) is 21.1 Å². The van der Waals surface area contributed by atoms with Crippen molar-refractivity contribution in [1.82, 2.24) is 0 Å². The van der Waals surface area contributed by atoms with Crippen LogP contribution in [0.5, 0.6) is 11.5 Å². The number of methoxy groups -OCH3 is 2.